The molecule has 2 heterocycles. The molecule has 1 atom stereocenters. The van der Waals surface area contributed by atoms with Crippen LogP contribution in [0, 0.1) is 27.7 Å². The predicted molar refractivity (Wildman–Crippen MR) is 109 cm³/mol. The Bertz CT molecular complexity index is 1090. The average Bonchev–Trinajstić information content (AvgIpc) is 2.99. The molecule has 0 fully saturated rings. The van der Waals surface area contributed by atoms with Crippen molar-refractivity contribution in [2.24, 2.45) is 0 Å². The van der Waals surface area contributed by atoms with E-state index in [4.69, 9.17) is 0 Å². The van der Waals surface area contributed by atoms with Crippen LogP contribution in [0.5, 0.6) is 0 Å². The second kappa shape index (κ2) is 6.75. The number of aromatic nitrogens is 2. The Morgan fingerprint density at radius 2 is 1.79 bits per heavy atom. The second-order valence-corrected chi connectivity index (χ2v) is 7.51. The fourth-order valence-electron chi connectivity index (χ4n) is 3.83. The Morgan fingerprint density at radius 1 is 1.07 bits per heavy atom. The fraction of sp³-hybridized carbons (Fsp3) is 0.261. The highest BCUT2D eigenvalue weighted by Crippen LogP contribution is 2.38. The van der Waals surface area contributed by atoms with Gasteiger partial charge in [0, 0.05) is 17.5 Å². The molecule has 3 aromatic rings. The van der Waals surface area contributed by atoms with Crippen LogP contribution in [0.15, 0.2) is 42.5 Å². The molecular weight excluding hydrogens is 350 g/mol. The van der Waals surface area contributed by atoms with Crippen LogP contribution in [-0.2, 0) is 4.79 Å². The molecule has 0 unspecified atom stereocenters. The van der Waals surface area contributed by atoms with E-state index < -0.39 is 5.92 Å². The normalized spacial score (nSPS) is 15.9. The first-order valence-corrected chi connectivity index (χ1v) is 9.43. The van der Waals surface area contributed by atoms with E-state index in [0.29, 0.717) is 11.4 Å². The third kappa shape index (κ3) is 2.93. The van der Waals surface area contributed by atoms with Gasteiger partial charge in [0.2, 0.25) is 5.91 Å². The Kier molecular flexibility index (Phi) is 4.38. The summed E-state index contributed by atoms with van der Waals surface area (Å²) in [4.78, 5) is 25.7. The van der Waals surface area contributed by atoms with Crippen LogP contribution in [0.4, 0.5) is 5.82 Å². The molecule has 1 N–H and O–H groups in total. The minimum absolute atomic E-state index is 0.0419. The van der Waals surface area contributed by atoms with Gasteiger partial charge in [-0.15, -0.1) is 0 Å². The lowest BCUT2D eigenvalue weighted by molar-refractivity contribution is -0.116. The van der Waals surface area contributed by atoms with E-state index in [9.17, 15) is 9.59 Å². The summed E-state index contributed by atoms with van der Waals surface area (Å²) < 4.78 is 1.76. The van der Waals surface area contributed by atoms with E-state index in [1.807, 2.05) is 70.2 Å². The molecule has 1 aliphatic heterocycles. The number of nitrogens with zero attached hydrogens (tertiary/aromatic N) is 2. The Balaban J connectivity index is 1.84. The van der Waals surface area contributed by atoms with Gasteiger partial charge in [-0.1, -0.05) is 42.0 Å². The number of hydrogen-bond acceptors (Lipinski definition) is 3. The van der Waals surface area contributed by atoms with Gasteiger partial charge in [-0.25, -0.2) is 4.68 Å². The van der Waals surface area contributed by atoms with Gasteiger partial charge in [0.05, 0.1) is 17.3 Å². The van der Waals surface area contributed by atoms with E-state index in [0.717, 1.165) is 33.6 Å². The van der Waals surface area contributed by atoms with Crippen LogP contribution >= 0.6 is 0 Å². The first kappa shape index (κ1) is 18.2. The highest BCUT2D eigenvalue weighted by atomic mass is 16.2. The van der Waals surface area contributed by atoms with Crippen LogP contribution in [0.1, 0.15) is 50.6 Å². The summed E-state index contributed by atoms with van der Waals surface area (Å²) in [6.45, 7) is 7.96. The van der Waals surface area contributed by atoms with Crippen LogP contribution in [-0.4, -0.2) is 21.5 Å². The first-order valence-electron chi connectivity index (χ1n) is 9.43. The summed E-state index contributed by atoms with van der Waals surface area (Å²) in [7, 11) is 0. The minimum atomic E-state index is -0.523. The molecule has 2 aromatic carbocycles. The summed E-state index contributed by atoms with van der Waals surface area (Å²) >= 11 is 0. The molecule has 1 aliphatic rings. The number of fused-ring (bicyclic) bond motifs is 1. The largest absolute Gasteiger partial charge is 0.310 e. The van der Waals surface area contributed by atoms with Crippen molar-refractivity contribution in [3.05, 3.63) is 76.0 Å². The molecule has 0 radical (unpaired) electrons. The molecular formula is C23H23N3O2. The number of Topliss-reactive ketones (excluding diaryl/α,β-unsaturated/α-hetero) is 1. The third-order valence-corrected chi connectivity index (χ3v) is 5.56. The fourth-order valence-corrected chi connectivity index (χ4v) is 3.83. The lowest BCUT2D eigenvalue weighted by Crippen LogP contribution is -2.28. The van der Waals surface area contributed by atoms with Gasteiger partial charge in [0.1, 0.15) is 5.82 Å². The molecule has 0 saturated carbocycles. The Morgan fingerprint density at radius 3 is 2.50 bits per heavy atom. The van der Waals surface area contributed by atoms with E-state index in [-0.39, 0.29) is 18.1 Å². The summed E-state index contributed by atoms with van der Waals surface area (Å²) in [5.41, 5.74) is 6.44. The summed E-state index contributed by atoms with van der Waals surface area (Å²) in [6.07, 6.45) is 0.138. The molecule has 5 heteroatoms. The van der Waals surface area contributed by atoms with Gasteiger partial charge in [-0.2, -0.15) is 5.10 Å². The zero-order valence-corrected chi connectivity index (χ0v) is 16.5. The van der Waals surface area contributed by atoms with E-state index in [2.05, 4.69) is 10.4 Å². The van der Waals surface area contributed by atoms with Gasteiger partial charge in [0.25, 0.3) is 0 Å². The minimum Gasteiger partial charge on any atom is -0.310 e. The van der Waals surface area contributed by atoms with Crippen molar-refractivity contribution < 1.29 is 9.59 Å². The number of carbonyl (C=O) groups excluding carboxylic acids is 2. The van der Waals surface area contributed by atoms with Crippen LogP contribution in [0.25, 0.3) is 5.69 Å². The van der Waals surface area contributed by atoms with Crippen molar-refractivity contribution >= 4 is 17.5 Å². The Labute approximate surface area is 164 Å². The lowest BCUT2D eigenvalue weighted by Gasteiger charge is -2.23. The monoisotopic (exact) mass is 373 g/mol. The maximum absolute atomic E-state index is 13.2. The molecule has 0 spiro atoms. The standard InChI is InChI=1S/C23H23N3O2/c1-13-8-10-17(11-9-13)22(28)18-12-20(27)24-23-21(18)16(4)25-26(23)19-7-5-6-14(2)15(19)3/h5-11,18H,12H2,1-4H3,(H,24,27)/t18-/m0/s1. The van der Waals surface area contributed by atoms with Gasteiger partial charge in [0.15, 0.2) is 5.78 Å². The number of ketones is 1. The highest BCUT2D eigenvalue weighted by molar-refractivity contribution is 6.08. The SMILES string of the molecule is Cc1ccc(C(=O)[C@H]2CC(=O)Nc3c2c(C)nn3-c2cccc(C)c2C)cc1. The summed E-state index contributed by atoms with van der Waals surface area (Å²) in [5, 5.41) is 7.64. The molecule has 142 valence electrons. The van der Waals surface area contributed by atoms with Crippen molar-refractivity contribution in [2.45, 2.75) is 40.0 Å². The van der Waals surface area contributed by atoms with Crippen molar-refractivity contribution in [3.8, 4) is 5.69 Å². The predicted octanol–water partition coefficient (Wildman–Crippen LogP) is 4.41. The molecule has 4 rings (SSSR count). The zero-order chi connectivity index (χ0) is 20.0. The van der Waals surface area contributed by atoms with Gasteiger partial charge in [-0.3, -0.25) is 9.59 Å². The average molecular weight is 373 g/mol. The highest BCUT2D eigenvalue weighted by Gasteiger charge is 2.36. The number of nitrogens with one attached hydrogen (secondary N) is 1. The number of benzene rings is 2. The van der Waals surface area contributed by atoms with Crippen molar-refractivity contribution in [2.75, 3.05) is 5.32 Å². The van der Waals surface area contributed by atoms with E-state index in [1.54, 1.807) is 4.68 Å². The third-order valence-electron chi connectivity index (χ3n) is 5.56. The van der Waals surface area contributed by atoms with E-state index >= 15 is 0 Å². The zero-order valence-electron chi connectivity index (χ0n) is 16.5. The van der Waals surface area contributed by atoms with Crippen molar-refractivity contribution in [3.63, 3.8) is 0 Å². The second-order valence-electron chi connectivity index (χ2n) is 7.51. The quantitative estimate of drug-likeness (QED) is 0.692. The summed E-state index contributed by atoms with van der Waals surface area (Å²) in [5.74, 6) is -0.123. The van der Waals surface area contributed by atoms with Crippen molar-refractivity contribution in [1.82, 2.24) is 9.78 Å². The number of hydrogen-bond donors (Lipinski definition) is 1. The number of carbonyl (C=O) groups is 2. The molecule has 5 nitrogen and oxygen atoms in total. The smallest absolute Gasteiger partial charge is 0.226 e. The van der Waals surface area contributed by atoms with Gasteiger partial charge in [-0.05, 0) is 44.9 Å². The number of anilines is 1. The van der Waals surface area contributed by atoms with Gasteiger partial charge < -0.3 is 5.32 Å². The van der Waals surface area contributed by atoms with Crippen molar-refractivity contribution in [1.29, 1.82) is 0 Å². The number of amides is 1. The number of rotatable bonds is 3. The van der Waals surface area contributed by atoms with Crippen LogP contribution in [0.2, 0.25) is 0 Å². The maximum atomic E-state index is 13.2. The lowest BCUT2D eigenvalue weighted by atomic mass is 9.85. The van der Waals surface area contributed by atoms with E-state index in [1.165, 1.54) is 0 Å². The number of aryl methyl sites for hydroxylation is 3. The Hall–Kier alpha value is -3.21. The molecule has 0 bridgehead atoms. The molecule has 0 aliphatic carbocycles. The van der Waals surface area contributed by atoms with Crippen LogP contribution < -0.4 is 5.32 Å². The molecule has 1 amide bonds. The van der Waals surface area contributed by atoms with Crippen LogP contribution in [0.3, 0.4) is 0 Å². The summed E-state index contributed by atoms with van der Waals surface area (Å²) in [6, 6.07) is 13.5. The molecule has 0 saturated heterocycles. The molecule has 1 aromatic heterocycles. The molecule has 28 heavy (non-hydrogen) atoms. The van der Waals surface area contributed by atoms with Gasteiger partial charge >= 0.3 is 0 Å². The first-order chi connectivity index (χ1) is 13.4. The topological polar surface area (TPSA) is 64.0 Å². The maximum Gasteiger partial charge on any atom is 0.226 e.